The van der Waals surface area contributed by atoms with Crippen molar-refractivity contribution in [1.29, 1.82) is 0 Å². The van der Waals surface area contributed by atoms with Crippen LogP contribution >= 0.6 is 0 Å². The van der Waals surface area contributed by atoms with Gasteiger partial charge in [-0.1, -0.05) is 13.3 Å². The number of aryl methyl sites for hydroxylation is 1. The number of nitrogens with zero attached hydrogens (tertiary/aromatic N) is 2. The fourth-order valence-electron chi connectivity index (χ4n) is 5.01. The van der Waals surface area contributed by atoms with E-state index in [1.54, 1.807) is 12.5 Å². The fraction of sp³-hybridized carbons (Fsp3) is 0.615. The highest BCUT2D eigenvalue weighted by molar-refractivity contribution is 5.94. The lowest BCUT2D eigenvalue weighted by molar-refractivity contribution is -0.118. The summed E-state index contributed by atoms with van der Waals surface area (Å²) in [7, 11) is 0. The molecule has 1 unspecified atom stereocenters. The van der Waals surface area contributed by atoms with Crippen molar-refractivity contribution in [3.8, 4) is 0 Å². The summed E-state index contributed by atoms with van der Waals surface area (Å²) in [4.78, 5) is 17.3. The summed E-state index contributed by atoms with van der Waals surface area (Å²) in [5.41, 5.74) is 0.534. The Kier molecular flexibility index (Phi) is 9.05. The molecule has 1 amide bonds. The lowest BCUT2D eigenvalue weighted by Gasteiger charge is -2.32. The maximum atomic E-state index is 14.3. The van der Waals surface area contributed by atoms with Gasteiger partial charge in [-0.3, -0.25) is 4.79 Å². The van der Waals surface area contributed by atoms with Crippen molar-refractivity contribution in [3.05, 3.63) is 47.4 Å². The number of anilines is 1. The third-order valence-corrected chi connectivity index (χ3v) is 7.10. The zero-order valence-corrected chi connectivity index (χ0v) is 20.9. The number of amides is 1. The van der Waals surface area contributed by atoms with E-state index < -0.39 is 23.3 Å². The molecule has 1 aromatic heterocycles. The minimum absolute atomic E-state index is 0.0612. The second kappa shape index (κ2) is 12.2. The van der Waals surface area contributed by atoms with E-state index in [1.165, 1.54) is 6.07 Å². The van der Waals surface area contributed by atoms with Gasteiger partial charge in [-0.2, -0.15) is 0 Å². The summed E-state index contributed by atoms with van der Waals surface area (Å²) in [5, 5.41) is 20.1. The van der Waals surface area contributed by atoms with Gasteiger partial charge in [0.15, 0.2) is 5.82 Å². The summed E-state index contributed by atoms with van der Waals surface area (Å²) >= 11 is 0. The van der Waals surface area contributed by atoms with Crippen molar-refractivity contribution < 1.29 is 23.4 Å². The molecule has 0 radical (unpaired) electrons. The Balaban J connectivity index is 1.26. The van der Waals surface area contributed by atoms with Crippen molar-refractivity contribution in [2.45, 2.75) is 76.1 Å². The number of ether oxygens (including phenoxy) is 1. The Morgan fingerprint density at radius 2 is 2.14 bits per heavy atom. The zero-order valence-electron chi connectivity index (χ0n) is 20.9. The topological polar surface area (TPSA) is 100 Å². The first-order chi connectivity index (χ1) is 17.3. The number of imidazole rings is 1. The molecule has 0 bridgehead atoms. The van der Waals surface area contributed by atoms with Gasteiger partial charge >= 0.3 is 0 Å². The maximum absolute atomic E-state index is 14.3. The Bertz CT molecular complexity index is 1030. The van der Waals surface area contributed by atoms with Crippen LogP contribution in [0.15, 0.2) is 24.7 Å². The molecule has 2 aliphatic rings. The first-order valence-electron chi connectivity index (χ1n) is 12.9. The Labute approximate surface area is 210 Å². The highest BCUT2D eigenvalue weighted by Crippen LogP contribution is 2.26. The highest BCUT2D eigenvalue weighted by atomic mass is 19.1. The summed E-state index contributed by atoms with van der Waals surface area (Å²) in [6.45, 7) is 5.02. The smallest absolute Gasteiger partial charge is 0.242 e. The van der Waals surface area contributed by atoms with Crippen molar-refractivity contribution in [2.75, 3.05) is 31.6 Å². The number of nitrogens with one attached hydrogen (secondary N) is 3. The van der Waals surface area contributed by atoms with Gasteiger partial charge < -0.3 is 30.4 Å². The van der Waals surface area contributed by atoms with Crippen molar-refractivity contribution in [2.24, 2.45) is 0 Å². The van der Waals surface area contributed by atoms with Crippen LogP contribution in [-0.4, -0.2) is 64.6 Å². The summed E-state index contributed by atoms with van der Waals surface area (Å²) in [5.74, 6) is -0.767. The van der Waals surface area contributed by atoms with Crippen LogP contribution in [0.2, 0.25) is 0 Å². The van der Waals surface area contributed by atoms with Crippen molar-refractivity contribution in [1.82, 2.24) is 20.2 Å². The van der Waals surface area contributed by atoms with Crippen molar-refractivity contribution >= 4 is 11.7 Å². The van der Waals surface area contributed by atoms with Gasteiger partial charge in [0, 0.05) is 64.0 Å². The molecule has 198 valence electrons. The lowest BCUT2D eigenvalue weighted by atomic mass is 9.87. The molecule has 2 atom stereocenters. The van der Waals surface area contributed by atoms with Crippen LogP contribution in [0, 0.1) is 11.6 Å². The SMILES string of the molecule is CCC[C@H](NC1CCc2cc(F)cc(F)c2C1)C(=O)Nc1cn(CCNCC2(O)CCOCC2)cn1. The van der Waals surface area contributed by atoms with Crippen LogP contribution in [0.5, 0.6) is 0 Å². The number of benzene rings is 1. The molecule has 8 nitrogen and oxygen atoms in total. The van der Waals surface area contributed by atoms with Crippen LogP contribution in [0.25, 0.3) is 0 Å². The average Bonchev–Trinajstić information content (AvgIpc) is 3.29. The maximum Gasteiger partial charge on any atom is 0.242 e. The molecule has 4 rings (SSSR count). The fourth-order valence-corrected chi connectivity index (χ4v) is 5.01. The van der Waals surface area contributed by atoms with Gasteiger partial charge in [0.1, 0.15) is 11.6 Å². The van der Waals surface area contributed by atoms with E-state index >= 15 is 0 Å². The molecular formula is C26H37F2N5O3. The van der Waals surface area contributed by atoms with Gasteiger partial charge in [-0.25, -0.2) is 13.8 Å². The van der Waals surface area contributed by atoms with E-state index in [-0.39, 0.29) is 11.9 Å². The van der Waals surface area contributed by atoms with Gasteiger partial charge in [-0.05, 0) is 42.9 Å². The number of carbonyl (C=O) groups is 1. The first kappa shape index (κ1) is 26.7. The third kappa shape index (κ3) is 7.09. The molecule has 1 aromatic carbocycles. The van der Waals surface area contributed by atoms with Crippen LogP contribution in [-0.2, 0) is 28.9 Å². The number of aliphatic hydroxyl groups is 1. The van der Waals surface area contributed by atoms with E-state index in [2.05, 4.69) is 20.9 Å². The number of rotatable bonds is 11. The Morgan fingerprint density at radius 3 is 2.92 bits per heavy atom. The molecule has 2 aromatic rings. The summed E-state index contributed by atoms with van der Waals surface area (Å²) in [6, 6.07) is 1.84. The average molecular weight is 506 g/mol. The van der Waals surface area contributed by atoms with Crippen LogP contribution in [0.4, 0.5) is 14.6 Å². The van der Waals surface area contributed by atoms with E-state index in [4.69, 9.17) is 4.74 Å². The second-order valence-electron chi connectivity index (χ2n) is 9.97. The number of carbonyl (C=O) groups excluding carboxylic acids is 1. The number of aromatic nitrogens is 2. The molecule has 0 spiro atoms. The molecule has 4 N–H and O–H groups in total. The minimum atomic E-state index is -0.712. The predicted octanol–water partition coefficient (Wildman–Crippen LogP) is 2.55. The molecule has 1 aliphatic heterocycles. The van der Waals surface area contributed by atoms with E-state index in [9.17, 15) is 18.7 Å². The molecular weight excluding hydrogens is 468 g/mol. The van der Waals surface area contributed by atoms with Crippen LogP contribution < -0.4 is 16.0 Å². The summed E-state index contributed by atoms with van der Waals surface area (Å²) < 4.78 is 35.0. The third-order valence-electron chi connectivity index (χ3n) is 7.10. The molecule has 1 aliphatic carbocycles. The number of fused-ring (bicyclic) bond motifs is 1. The molecule has 36 heavy (non-hydrogen) atoms. The Hall–Kier alpha value is -2.40. The zero-order chi connectivity index (χ0) is 25.5. The van der Waals surface area contributed by atoms with Gasteiger partial charge in [0.25, 0.3) is 0 Å². The summed E-state index contributed by atoms with van der Waals surface area (Å²) in [6.07, 6.45) is 7.89. The molecule has 1 saturated heterocycles. The largest absolute Gasteiger partial charge is 0.388 e. The second-order valence-corrected chi connectivity index (χ2v) is 9.97. The highest BCUT2D eigenvalue weighted by Gasteiger charge is 2.29. The Morgan fingerprint density at radius 1 is 1.33 bits per heavy atom. The molecule has 2 heterocycles. The molecule has 10 heteroatoms. The molecule has 1 fully saturated rings. The van der Waals surface area contributed by atoms with Crippen molar-refractivity contribution in [3.63, 3.8) is 0 Å². The number of hydrogen-bond donors (Lipinski definition) is 4. The quantitative estimate of drug-likeness (QED) is 0.350. The predicted molar refractivity (Wildman–Crippen MR) is 133 cm³/mol. The minimum Gasteiger partial charge on any atom is -0.388 e. The van der Waals surface area contributed by atoms with E-state index in [0.717, 1.165) is 12.5 Å². The van der Waals surface area contributed by atoms with Gasteiger partial charge in [0.05, 0.1) is 18.0 Å². The van der Waals surface area contributed by atoms with E-state index in [1.807, 2.05) is 11.5 Å². The van der Waals surface area contributed by atoms with Gasteiger partial charge in [0.2, 0.25) is 5.91 Å². The number of halogens is 2. The lowest BCUT2D eigenvalue weighted by Crippen LogP contribution is -2.48. The standard InChI is InChI=1S/C26H37F2N5O3/c1-2-3-23(31-20-5-4-18-12-19(27)13-22(28)21(18)14-20)25(34)32-24-15-33(17-30-24)9-8-29-16-26(35)6-10-36-11-7-26/h12-13,15,17,20,23,29,31,35H,2-11,14,16H2,1H3,(H,32,34)/t20?,23-/m0/s1. The molecule has 0 saturated carbocycles. The van der Waals surface area contributed by atoms with Gasteiger partial charge in [-0.15, -0.1) is 0 Å². The first-order valence-corrected chi connectivity index (χ1v) is 12.9. The monoisotopic (exact) mass is 505 g/mol. The van der Waals surface area contributed by atoms with Crippen LogP contribution in [0.1, 0.15) is 50.2 Å². The van der Waals surface area contributed by atoms with E-state index in [0.29, 0.717) is 88.3 Å². The number of hydrogen-bond acceptors (Lipinski definition) is 6. The normalized spacial score (nSPS) is 20.1. The van der Waals surface area contributed by atoms with Crippen LogP contribution in [0.3, 0.4) is 0 Å².